The first-order valence-corrected chi connectivity index (χ1v) is 7.54. The second-order valence-corrected chi connectivity index (χ2v) is 5.69. The van der Waals surface area contributed by atoms with Gasteiger partial charge in [-0.1, -0.05) is 17.7 Å². The third-order valence-electron chi connectivity index (χ3n) is 3.38. The summed E-state index contributed by atoms with van der Waals surface area (Å²) in [7, 11) is 0. The van der Waals surface area contributed by atoms with E-state index < -0.39 is 0 Å². The number of rotatable bonds is 4. The lowest BCUT2D eigenvalue weighted by Gasteiger charge is -2.09. The predicted molar refractivity (Wildman–Crippen MR) is 90.2 cm³/mol. The van der Waals surface area contributed by atoms with E-state index in [1.165, 1.54) is 0 Å². The highest BCUT2D eigenvalue weighted by atomic mass is 35.5. The number of nitrogens with one attached hydrogen (secondary N) is 1. The summed E-state index contributed by atoms with van der Waals surface area (Å²) in [6, 6.07) is 9.01. The second-order valence-electron chi connectivity index (χ2n) is 5.29. The maximum Gasteiger partial charge on any atom is 0.262 e. The molecule has 1 N–H and O–H groups in total. The summed E-state index contributed by atoms with van der Waals surface area (Å²) in [5.74, 6) is 0.313. The van der Waals surface area contributed by atoms with Crippen molar-refractivity contribution in [3.63, 3.8) is 0 Å². The van der Waals surface area contributed by atoms with Crippen molar-refractivity contribution in [2.45, 2.75) is 13.8 Å². The third kappa shape index (κ3) is 3.46. The van der Waals surface area contributed by atoms with Crippen LogP contribution < -0.4 is 10.1 Å². The maximum atomic E-state index is 12.0. The highest BCUT2D eigenvalue weighted by molar-refractivity contribution is 6.31. The number of hydrogen-bond acceptors (Lipinski definition) is 3. The Balaban J connectivity index is 1.67. The first-order valence-electron chi connectivity index (χ1n) is 7.16. The molecule has 0 fully saturated rings. The van der Waals surface area contributed by atoms with Crippen LogP contribution >= 0.6 is 11.6 Å². The van der Waals surface area contributed by atoms with Crippen molar-refractivity contribution in [2.75, 3.05) is 11.9 Å². The number of imidazole rings is 1. The number of carbonyl (C=O) groups excluding carboxylic acids is 1. The SMILES string of the molecule is Cc1cn2cccc(OCC(=O)Nc3ccc(C)c(Cl)c3)c2n1. The number of fused-ring (bicyclic) bond motifs is 1. The van der Waals surface area contributed by atoms with Gasteiger partial charge in [0.25, 0.3) is 5.91 Å². The number of aromatic nitrogens is 2. The van der Waals surface area contributed by atoms with Crippen LogP contribution in [0.4, 0.5) is 5.69 Å². The molecule has 0 spiro atoms. The molecule has 0 radical (unpaired) electrons. The van der Waals surface area contributed by atoms with E-state index >= 15 is 0 Å². The number of pyridine rings is 1. The van der Waals surface area contributed by atoms with Crippen molar-refractivity contribution in [3.8, 4) is 5.75 Å². The minimum absolute atomic E-state index is 0.100. The lowest BCUT2D eigenvalue weighted by atomic mass is 10.2. The first-order chi connectivity index (χ1) is 11.0. The lowest BCUT2D eigenvalue weighted by molar-refractivity contribution is -0.118. The molecule has 1 aromatic carbocycles. The van der Waals surface area contributed by atoms with Crippen molar-refractivity contribution in [2.24, 2.45) is 0 Å². The molecule has 0 aliphatic carbocycles. The van der Waals surface area contributed by atoms with E-state index in [1.54, 1.807) is 18.2 Å². The molecule has 3 rings (SSSR count). The van der Waals surface area contributed by atoms with Crippen LogP contribution in [0, 0.1) is 13.8 Å². The largest absolute Gasteiger partial charge is 0.480 e. The number of carbonyl (C=O) groups is 1. The van der Waals surface area contributed by atoms with Gasteiger partial charge in [-0.25, -0.2) is 4.98 Å². The number of hydrogen-bond donors (Lipinski definition) is 1. The van der Waals surface area contributed by atoms with Crippen molar-refractivity contribution >= 4 is 28.8 Å². The molecule has 2 aromatic heterocycles. The standard InChI is InChI=1S/C17H16ClN3O2/c1-11-5-6-13(8-14(11)18)20-16(22)10-23-15-4-3-7-21-9-12(2)19-17(15)21/h3-9H,10H2,1-2H3,(H,20,22). The maximum absolute atomic E-state index is 12.0. The van der Waals surface area contributed by atoms with Gasteiger partial charge in [0.1, 0.15) is 0 Å². The Hall–Kier alpha value is -2.53. The molecule has 118 valence electrons. The molecule has 2 heterocycles. The number of halogens is 1. The topological polar surface area (TPSA) is 55.6 Å². The third-order valence-corrected chi connectivity index (χ3v) is 3.79. The van der Waals surface area contributed by atoms with Crippen molar-refractivity contribution in [3.05, 3.63) is 59.0 Å². The number of nitrogens with zero attached hydrogens (tertiary/aromatic N) is 2. The molecule has 0 saturated carbocycles. The van der Waals surface area contributed by atoms with Crippen LogP contribution in [0.15, 0.2) is 42.7 Å². The zero-order valence-electron chi connectivity index (χ0n) is 12.8. The van der Waals surface area contributed by atoms with Gasteiger partial charge in [0.15, 0.2) is 18.0 Å². The number of ether oxygens (including phenoxy) is 1. The Morgan fingerprint density at radius 1 is 1.35 bits per heavy atom. The zero-order chi connectivity index (χ0) is 16.4. The van der Waals surface area contributed by atoms with Gasteiger partial charge in [0.05, 0.1) is 5.69 Å². The van der Waals surface area contributed by atoms with Crippen molar-refractivity contribution in [1.82, 2.24) is 9.38 Å². The molecule has 5 nitrogen and oxygen atoms in total. The van der Waals surface area contributed by atoms with Crippen LogP contribution in [0.2, 0.25) is 5.02 Å². The summed E-state index contributed by atoms with van der Waals surface area (Å²) in [5, 5.41) is 3.37. The number of amides is 1. The average molecular weight is 330 g/mol. The van der Waals surface area contributed by atoms with E-state index in [9.17, 15) is 4.79 Å². The summed E-state index contributed by atoms with van der Waals surface area (Å²) in [6.45, 7) is 3.71. The summed E-state index contributed by atoms with van der Waals surface area (Å²) in [4.78, 5) is 16.4. The Labute approximate surface area is 138 Å². The monoisotopic (exact) mass is 329 g/mol. The molecule has 0 bridgehead atoms. The fraction of sp³-hybridized carbons (Fsp3) is 0.176. The van der Waals surface area contributed by atoms with Crippen LogP contribution in [0.5, 0.6) is 5.75 Å². The Bertz CT molecular complexity index is 873. The summed E-state index contributed by atoms with van der Waals surface area (Å²) in [6.07, 6.45) is 3.78. The molecule has 0 saturated heterocycles. The molecule has 0 unspecified atom stereocenters. The fourth-order valence-electron chi connectivity index (χ4n) is 2.23. The van der Waals surface area contributed by atoms with E-state index in [0.29, 0.717) is 22.1 Å². The van der Waals surface area contributed by atoms with E-state index in [0.717, 1.165) is 11.3 Å². The zero-order valence-corrected chi connectivity index (χ0v) is 13.6. The van der Waals surface area contributed by atoms with Crippen LogP contribution in [0.25, 0.3) is 5.65 Å². The first kappa shape index (κ1) is 15.4. The minimum atomic E-state index is -0.254. The van der Waals surface area contributed by atoms with Crippen molar-refractivity contribution < 1.29 is 9.53 Å². The molecular weight excluding hydrogens is 314 g/mol. The summed E-state index contributed by atoms with van der Waals surface area (Å²) in [5.41, 5.74) is 3.18. The van der Waals surface area contributed by atoms with E-state index in [-0.39, 0.29) is 12.5 Å². The lowest BCUT2D eigenvalue weighted by Crippen LogP contribution is -2.20. The van der Waals surface area contributed by atoms with Crippen LogP contribution in [-0.4, -0.2) is 21.9 Å². The van der Waals surface area contributed by atoms with E-state index in [1.807, 2.05) is 42.8 Å². The smallest absolute Gasteiger partial charge is 0.262 e. The van der Waals surface area contributed by atoms with Gasteiger partial charge in [-0.15, -0.1) is 0 Å². The number of anilines is 1. The molecule has 0 aliphatic heterocycles. The minimum Gasteiger partial charge on any atom is -0.480 e. The second kappa shape index (κ2) is 6.30. The van der Waals surface area contributed by atoms with E-state index in [2.05, 4.69) is 10.3 Å². The Morgan fingerprint density at radius 2 is 2.17 bits per heavy atom. The van der Waals surface area contributed by atoms with Gasteiger partial charge >= 0.3 is 0 Å². The highest BCUT2D eigenvalue weighted by Crippen LogP contribution is 2.21. The van der Waals surface area contributed by atoms with Gasteiger partial charge in [0, 0.05) is 23.1 Å². The number of aryl methyl sites for hydroxylation is 2. The van der Waals surface area contributed by atoms with Gasteiger partial charge in [-0.05, 0) is 43.7 Å². The molecular formula is C17H16ClN3O2. The van der Waals surface area contributed by atoms with Gasteiger partial charge < -0.3 is 14.5 Å². The molecule has 3 aromatic rings. The molecule has 23 heavy (non-hydrogen) atoms. The van der Waals surface area contributed by atoms with Crippen LogP contribution in [0.1, 0.15) is 11.3 Å². The summed E-state index contributed by atoms with van der Waals surface area (Å²) >= 11 is 6.04. The van der Waals surface area contributed by atoms with Gasteiger partial charge in [-0.3, -0.25) is 4.79 Å². The molecule has 1 amide bonds. The van der Waals surface area contributed by atoms with Crippen LogP contribution in [0.3, 0.4) is 0 Å². The predicted octanol–water partition coefficient (Wildman–Crippen LogP) is 3.62. The summed E-state index contributed by atoms with van der Waals surface area (Å²) < 4.78 is 7.46. The van der Waals surface area contributed by atoms with Crippen molar-refractivity contribution in [1.29, 1.82) is 0 Å². The Kier molecular flexibility index (Phi) is 4.21. The Morgan fingerprint density at radius 3 is 2.96 bits per heavy atom. The number of benzene rings is 1. The molecule has 0 aliphatic rings. The highest BCUT2D eigenvalue weighted by Gasteiger charge is 2.09. The molecule has 6 heteroatoms. The van der Waals surface area contributed by atoms with E-state index in [4.69, 9.17) is 16.3 Å². The van der Waals surface area contributed by atoms with Crippen LogP contribution in [-0.2, 0) is 4.79 Å². The normalized spacial score (nSPS) is 10.7. The average Bonchev–Trinajstić information content (AvgIpc) is 2.89. The quantitative estimate of drug-likeness (QED) is 0.795. The van der Waals surface area contributed by atoms with Gasteiger partial charge in [0.2, 0.25) is 0 Å². The molecule has 0 atom stereocenters. The fourth-order valence-corrected chi connectivity index (χ4v) is 2.41. The van der Waals surface area contributed by atoms with Gasteiger partial charge in [-0.2, -0.15) is 0 Å².